The largest absolute Gasteiger partial charge is 0.364 e. The first kappa shape index (κ1) is 23.6. The average molecular weight is 430 g/mol. The third-order valence-corrected chi connectivity index (χ3v) is 6.61. The van der Waals surface area contributed by atoms with E-state index in [-0.39, 0.29) is 17.0 Å². The molecular weight excluding hydrogens is 394 g/mol. The number of hydrogen-bond donors (Lipinski definition) is 1. The molecule has 1 heterocycles. The average Bonchev–Trinajstić information content (AvgIpc) is 2.68. The molecule has 2 aromatic rings. The van der Waals surface area contributed by atoms with Crippen LogP contribution < -0.4 is 10.2 Å². The number of nitrogens with zero attached hydrogens (tertiary/aromatic N) is 2. The van der Waals surface area contributed by atoms with Crippen molar-refractivity contribution in [2.75, 3.05) is 10.2 Å². The Morgan fingerprint density at radius 2 is 1.84 bits per heavy atom. The van der Waals surface area contributed by atoms with Crippen LogP contribution in [0.4, 0.5) is 11.4 Å². The molecule has 0 saturated heterocycles. The first-order chi connectivity index (χ1) is 14.9. The van der Waals surface area contributed by atoms with E-state index in [1.807, 2.05) is 39.0 Å². The van der Waals surface area contributed by atoms with Gasteiger partial charge >= 0.3 is 0 Å². The van der Waals surface area contributed by atoms with Gasteiger partial charge in [0, 0.05) is 23.0 Å². The lowest BCUT2D eigenvalue weighted by Gasteiger charge is -2.50. The van der Waals surface area contributed by atoms with Crippen molar-refractivity contribution in [3.8, 4) is 6.07 Å². The third kappa shape index (κ3) is 4.58. The lowest BCUT2D eigenvalue weighted by molar-refractivity contribution is -0.112. The van der Waals surface area contributed by atoms with Gasteiger partial charge < -0.3 is 10.2 Å². The molecule has 1 N–H and O–H groups in total. The standard InChI is InChI=1S/C28H35N3O/c1-17(2)31-26-12-20(5)22(14-25(26)21(6)15-28(31,7)8)13-23(16-29)27(32)30-24-10-9-18(3)19(4)11-24/h9-14,17,21H,15H2,1-8H3,(H,30,32)/b23-13-/t21-/m1/s1. The fourth-order valence-electron chi connectivity index (χ4n) is 5.07. The Morgan fingerprint density at radius 1 is 1.16 bits per heavy atom. The van der Waals surface area contributed by atoms with Crippen molar-refractivity contribution in [1.82, 2.24) is 0 Å². The Morgan fingerprint density at radius 3 is 2.44 bits per heavy atom. The highest BCUT2D eigenvalue weighted by Gasteiger charge is 2.37. The number of anilines is 2. The molecule has 168 valence electrons. The van der Waals surface area contributed by atoms with Crippen LogP contribution in [0.3, 0.4) is 0 Å². The first-order valence-electron chi connectivity index (χ1n) is 11.4. The van der Waals surface area contributed by atoms with E-state index in [0.717, 1.165) is 28.7 Å². The Hall–Kier alpha value is -3.06. The molecule has 0 bridgehead atoms. The molecule has 1 atom stereocenters. The second-order valence-corrected chi connectivity index (χ2v) is 10.1. The van der Waals surface area contributed by atoms with Gasteiger partial charge in [-0.3, -0.25) is 4.79 Å². The van der Waals surface area contributed by atoms with E-state index in [1.165, 1.54) is 11.3 Å². The van der Waals surface area contributed by atoms with E-state index in [1.54, 1.807) is 6.08 Å². The zero-order chi connectivity index (χ0) is 23.8. The summed E-state index contributed by atoms with van der Waals surface area (Å²) in [6.45, 7) is 17.4. The van der Waals surface area contributed by atoms with Crippen molar-refractivity contribution in [1.29, 1.82) is 5.26 Å². The van der Waals surface area contributed by atoms with Crippen molar-refractivity contribution in [3.05, 3.63) is 63.7 Å². The topological polar surface area (TPSA) is 56.1 Å². The molecule has 3 rings (SSSR count). The molecule has 0 unspecified atom stereocenters. The third-order valence-electron chi connectivity index (χ3n) is 6.61. The molecule has 0 fully saturated rings. The van der Waals surface area contributed by atoms with Crippen LogP contribution in [-0.4, -0.2) is 17.5 Å². The maximum absolute atomic E-state index is 12.8. The molecule has 1 amide bonds. The predicted molar refractivity (Wildman–Crippen MR) is 134 cm³/mol. The molecule has 1 aliphatic heterocycles. The van der Waals surface area contributed by atoms with Crippen LogP contribution in [-0.2, 0) is 4.79 Å². The summed E-state index contributed by atoms with van der Waals surface area (Å²) in [7, 11) is 0. The highest BCUT2D eigenvalue weighted by atomic mass is 16.1. The van der Waals surface area contributed by atoms with Gasteiger partial charge in [0.05, 0.1) is 0 Å². The van der Waals surface area contributed by atoms with Gasteiger partial charge in [0.2, 0.25) is 0 Å². The van der Waals surface area contributed by atoms with Crippen LogP contribution in [0.2, 0.25) is 0 Å². The summed E-state index contributed by atoms with van der Waals surface area (Å²) in [5, 5.41) is 12.6. The van der Waals surface area contributed by atoms with Crippen LogP contribution in [0.15, 0.2) is 35.9 Å². The lowest BCUT2D eigenvalue weighted by atomic mass is 9.78. The van der Waals surface area contributed by atoms with Gasteiger partial charge in [-0.05, 0) is 119 Å². The first-order valence-corrected chi connectivity index (χ1v) is 11.4. The van der Waals surface area contributed by atoms with Gasteiger partial charge in [-0.25, -0.2) is 0 Å². The molecule has 0 spiro atoms. The van der Waals surface area contributed by atoms with Gasteiger partial charge in [0.25, 0.3) is 5.91 Å². The number of nitrogens with one attached hydrogen (secondary N) is 1. The molecule has 4 nitrogen and oxygen atoms in total. The molecule has 0 aromatic heterocycles. The van der Waals surface area contributed by atoms with E-state index < -0.39 is 0 Å². The Kier molecular flexibility index (Phi) is 6.51. The fourth-order valence-corrected chi connectivity index (χ4v) is 5.07. The Balaban J connectivity index is 1.98. The minimum absolute atomic E-state index is 0.0776. The number of nitriles is 1. The quantitative estimate of drug-likeness (QED) is 0.437. The summed E-state index contributed by atoms with van der Waals surface area (Å²) >= 11 is 0. The van der Waals surface area contributed by atoms with Gasteiger partial charge in [0.15, 0.2) is 0 Å². The molecular formula is C28H35N3O. The SMILES string of the molecule is Cc1ccc(NC(=O)/C(C#N)=C\c2cc3c(cc2C)N(C(C)C)C(C)(C)C[C@H]3C)cc1C. The maximum Gasteiger partial charge on any atom is 0.266 e. The number of carbonyl (C=O) groups excluding carboxylic acids is 1. The van der Waals surface area contributed by atoms with E-state index in [2.05, 4.69) is 63.0 Å². The second kappa shape index (κ2) is 8.82. The zero-order valence-electron chi connectivity index (χ0n) is 20.6. The number of hydrogen-bond acceptors (Lipinski definition) is 3. The van der Waals surface area contributed by atoms with Crippen LogP contribution >= 0.6 is 0 Å². The van der Waals surface area contributed by atoms with Crippen molar-refractivity contribution in [2.45, 2.75) is 79.3 Å². The summed E-state index contributed by atoms with van der Waals surface area (Å²) in [6.07, 6.45) is 2.78. The molecule has 0 aliphatic carbocycles. The van der Waals surface area contributed by atoms with Crippen LogP contribution in [0, 0.1) is 32.1 Å². The Bertz CT molecular complexity index is 1120. The fraction of sp³-hybridized carbons (Fsp3) is 0.429. The second-order valence-electron chi connectivity index (χ2n) is 10.1. The maximum atomic E-state index is 12.8. The summed E-state index contributed by atoms with van der Waals surface area (Å²) < 4.78 is 0. The summed E-state index contributed by atoms with van der Waals surface area (Å²) in [4.78, 5) is 15.3. The summed E-state index contributed by atoms with van der Waals surface area (Å²) in [5.74, 6) is 0.0171. The van der Waals surface area contributed by atoms with E-state index in [9.17, 15) is 10.1 Å². The number of fused-ring (bicyclic) bond motifs is 1. The number of benzene rings is 2. The highest BCUT2D eigenvalue weighted by Crippen LogP contribution is 2.45. The van der Waals surface area contributed by atoms with Gasteiger partial charge in [-0.15, -0.1) is 0 Å². The predicted octanol–water partition coefficient (Wildman–Crippen LogP) is 6.66. The van der Waals surface area contributed by atoms with Crippen molar-refractivity contribution in [2.24, 2.45) is 0 Å². The number of amides is 1. The molecule has 32 heavy (non-hydrogen) atoms. The highest BCUT2D eigenvalue weighted by molar-refractivity contribution is 6.09. The molecule has 0 saturated carbocycles. The number of carbonyl (C=O) groups is 1. The van der Waals surface area contributed by atoms with Crippen molar-refractivity contribution >= 4 is 23.4 Å². The smallest absolute Gasteiger partial charge is 0.266 e. The minimum Gasteiger partial charge on any atom is -0.364 e. The van der Waals surface area contributed by atoms with E-state index in [0.29, 0.717) is 17.6 Å². The Labute approximate surface area is 192 Å². The van der Waals surface area contributed by atoms with E-state index in [4.69, 9.17) is 0 Å². The number of aryl methyl sites for hydroxylation is 3. The zero-order valence-corrected chi connectivity index (χ0v) is 20.6. The van der Waals surface area contributed by atoms with Gasteiger partial charge in [-0.2, -0.15) is 5.26 Å². The lowest BCUT2D eigenvalue weighted by Crippen LogP contribution is -2.51. The normalized spacial score (nSPS) is 17.7. The van der Waals surface area contributed by atoms with Gasteiger partial charge in [0.1, 0.15) is 11.6 Å². The van der Waals surface area contributed by atoms with Crippen LogP contribution in [0.1, 0.15) is 74.8 Å². The van der Waals surface area contributed by atoms with Gasteiger partial charge in [-0.1, -0.05) is 13.0 Å². The van der Waals surface area contributed by atoms with Crippen LogP contribution in [0.25, 0.3) is 6.08 Å². The van der Waals surface area contributed by atoms with Crippen molar-refractivity contribution < 1.29 is 4.79 Å². The molecule has 0 radical (unpaired) electrons. The number of rotatable bonds is 4. The van der Waals surface area contributed by atoms with E-state index >= 15 is 0 Å². The summed E-state index contributed by atoms with van der Waals surface area (Å²) in [6, 6.07) is 12.6. The molecule has 4 heteroatoms. The molecule has 1 aliphatic rings. The summed E-state index contributed by atoms with van der Waals surface area (Å²) in [5.41, 5.74) is 7.67. The monoisotopic (exact) mass is 429 g/mol. The van der Waals surface area contributed by atoms with Crippen LogP contribution in [0.5, 0.6) is 0 Å². The molecule has 2 aromatic carbocycles. The minimum atomic E-state index is -0.383. The van der Waals surface area contributed by atoms with Crippen molar-refractivity contribution in [3.63, 3.8) is 0 Å².